The lowest BCUT2D eigenvalue weighted by molar-refractivity contribution is 1.01. The van der Waals surface area contributed by atoms with Gasteiger partial charge in [0.1, 0.15) is 0 Å². The fourth-order valence-corrected chi connectivity index (χ4v) is 9.93. The molecule has 13 aromatic rings. The Balaban J connectivity index is 1.09. The zero-order valence-electron chi connectivity index (χ0n) is 33.6. The number of hydrogen-bond donors (Lipinski definition) is 0. The van der Waals surface area contributed by atoms with Crippen molar-refractivity contribution in [1.29, 1.82) is 0 Å². The standard InChI is InChI=1S/C58H36N4/c1-3-15-37(16-4-1)43-31-28-41(35-49(43)38-17-5-2-6-18-38)56-48-24-11-13-25-51(48)59-58(60-56)62-53-34-30-42(36-50(53)55-44-21-9-7-19-39(44)29-33-54(55)62)61-52-26-14-12-23-46(52)47-32-27-40-20-8-10-22-45(40)57(47)61/h1-36H. The lowest BCUT2D eigenvalue weighted by atomic mass is 9.91. The number of fused-ring (bicyclic) bond motifs is 11. The van der Waals surface area contributed by atoms with E-state index in [9.17, 15) is 0 Å². The number of benzene rings is 10. The van der Waals surface area contributed by atoms with Crippen LogP contribution in [0, 0.1) is 0 Å². The van der Waals surface area contributed by atoms with E-state index in [0.717, 1.165) is 55.4 Å². The van der Waals surface area contributed by atoms with E-state index in [1.807, 2.05) is 0 Å². The van der Waals surface area contributed by atoms with E-state index in [-0.39, 0.29) is 0 Å². The van der Waals surface area contributed by atoms with Crippen molar-refractivity contribution >= 4 is 76.1 Å². The highest BCUT2D eigenvalue weighted by Crippen LogP contribution is 2.42. The number of rotatable bonds is 5. The molecule has 0 bridgehead atoms. The molecule has 0 amide bonds. The van der Waals surface area contributed by atoms with Gasteiger partial charge >= 0.3 is 0 Å². The number of nitrogens with zero attached hydrogens (tertiary/aromatic N) is 4. The summed E-state index contributed by atoms with van der Waals surface area (Å²) in [6.45, 7) is 0. The first-order valence-electron chi connectivity index (χ1n) is 21.2. The summed E-state index contributed by atoms with van der Waals surface area (Å²) >= 11 is 0. The van der Waals surface area contributed by atoms with Crippen LogP contribution in [0.2, 0.25) is 0 Å². The van der Waals surface area contributed by atoms with Gasteiger partial charge in [0, 0.05) is 43.6 Å². The quantitative estimate of drug-likeness (QED) is 0.174. The minimum atomic E-state index is 0.637. The van der Waals surface area contributed by atoms with E-state index in [1.54, 1.807) is 0 Å². The molecule has 288 valence electrons. The maximum absolute atomic E-state index is 5.57. The van der Waals surface area contributed by atoms with Gasteiger partial charge in [-0.2, -0.15) is 0 Å². The fraction of sp³-hybridized carbons (Fsp3) is 0. The van der Waals surface area contributed by atoms with Gasteiger partial charge in [-0.1, -0.05) is 176 Å². The molecule has 0 aliphatic rings. The molecule has 0 N–H and O–H groups in total. The SMILES string of the molecule is c1ccc(-c2ccc(-c3nc(-n4c5ccc(-n6c7ccccc7c7ccc8ccccc8c76)cc5c5c6ccccc6ccc54)nc4ccccc34)cc2-c2ccccc2)cc1. The molecule has 4 heteroatoms. The van der Waals surface area contributed by atoms with Crippen LogP contribution in [0.5, 0.6) is 0 Å². The van der Waals surface area contributed by atoms with Crippen LogP contribution in [0.1, 0.15) is 0 Å². The van der Waals surface area contributed by atoms with Gasteiger partial charge in [0.15, 0.2) is 0 Å². The van der Waals surface area contributed by atoms with Crippen LogP contribution in [0.3, 0.4) is 0 Å². The Morgan fingerprint density at radius 2 is 0.935 bits per heavy atom. The van der Waals surface area contributed by atoms with E-state index >= 15 is 0 Å². The summed E-state index contributed by atoms with van der Waals surface area (Å²) < 4.78 is 4.73. The van der Waals surface area contributed by atoms with Crippen LogP contribution in [-0.4, -0.2) is 19.1 Å². The van der Waals surface area contributed by atoms with Gasteiger partial charge in [-0.3, -0.25) is 4.57 Å². The van der Waals surface area contributed by atoms with Crippen molar-refractivity contribution in [3.63, 3.8) is 0 Å². The minimum absolute atomic E-state index is 0.637. The Morgan fingerprint density at radius 3 is 1.74 bits per heavy atom. The molecule has 0 aliphatic heterocycles. The highest BCUT2D eigenvalue weighted by atomic mass is 15.2. The van der Waals surface area contributed by atoms with Gasteiger partial charge < -0.3 is 4.57 Å². The maximum Gasteiger partial charge on any atom is 0.235 e. The van der Waals surface area contributed by atoms with Crippen LogP contribution in [-0.2, 0) is 0 Å². The molecule has 0 unspecified atom stereocenters. The van der Waals surface area contributed by atoms with Crippen molar-refractivity contribution in [2.75, 3.05) is 0 Å². The molecule has 0 saturated carbocycles. The zero-order chi connectivity index (χ0) is 40.7. The van der Waals surface area contributed by atoms with Gasteiger partial charge in [-0.15, -0.1) is 0 Å². The van der Waals surface area contributed by atoms with E-state index in [2.05, 4.69) is 228 Å². The van der Waals surface area contributed by atoms with Gasteiger partial charge in [0.2, 0.25) is 5.95 Å². The molecule has 10 aromatic carbocycles. The van der Waals surface area contributed by atoms with Gasteiger partial charge in [0.25, 0.3) is 0 Å². The molecule has 3 heterocycles. The lowest BCUT2D eigenvalue weighted by Gasteiger charge is -2.15. The molecule has 0 atom stereocenters. The summed E-state index contributed by atoms with van der Waals surface area (Å²) in [6.07, 6.45) is 0. The van der Waals surface area contributed by atoms with E-state index in [4.69, 9.17) is 9.97 Å². The maximum atomic E-state index is 5.57. The van der Waals surface area contributed by atoms with E-state index < -0.39 is 0 Å². The first kappa shape index (κ1) is 34.5. The van der Waals surface area contributed by atoms with Gasteiger partial charge in [-0.05, 0) is 80.9 Å². The Labute approximate surface area is 357 Å². The molecule has 0 spiro atoms. The van der Waals surface area contributed by atoms with E-state index in [0.29, 0.717) is 5.95 Å². The molecule has 0 aliphatic carbocycles. The molecule has 0 saturated heterocycles. The first-order valence-corrected chi connectivity index (χ1v) is 21.2. The third-order valence-corrected chi connectivity index (χ3v) is 12.7. The van der Waals surface area contributed by atoms with Gasteiger partial charge in [-0.25, -0.2) is 9.97 Å². The summed E-state index contributed by atoms with van der Waals surface area (Å²) in [5, 5.41) is 10.7. The topological polar surface area (TPSA) is 35.6 Å². The van der Waals surface area contributed by atoms with Crippen molar-refractivity contribution in [2.45, 2.75) is 0 Å². The predicted octanol–water partition coefficient (Wildman–Crippen LogP) is 15.1. The van der Waals surface area contributed by atoms with Crippen molar-refractivity contribution < 1.29 is 0 Å². The molecular formula is C58H36N4. The van der Waals surface area contributed by atoms with Gasteiger partial charge in [0.05, 0.1) is 33.3 Å². The van der Waals surface area contributed by atoms with E-state index in [1.165, 1.54) is 59.9 Å². The second kappa shape index (κ2) is 13.6. The Morgan fingerprint density at radius 1 is 0.323 bits per heavy atom. The summed E-state index contributed by atoms with van der Waals surface area (Å²) in [4.78, 5) is 10.9. The van der Waals surface area contributed by atoms with Crippen LogP contribution >= 0.6 is 0 Å². The summed E-state index contributed by atoms with van der Waals surface area (Å²) in [5.74, 6) is 0.637. The smallest absolute Gasteiger partial charge is 0.235 e. The van der Waals surface area contributed by atoms with Crippen molar-refractivity contribution in [2.24, 2.45) is 0 Å². The third-order valence-electron chi connectivity index (χ3n) is 12.7. The zero-order valence-corrected chi connectivity index (χ0v) is 33.6. The number of aromatic nitrogens is 4. The molecule has 62 heavy (non-hydrogen) atoms. The molecular weight excluding hydrogens is 753 g/mol. The second-order valence-corrected chi connectivity index (χ2v) is 16.1. The first-order chi connectivity index (χ1) is 30.8. The second-order valence-electron chi connectivity index (χ2n) is 16.1. The highest BCUT2D eigenvalue weighted by molar-refractivity contribution is 6.23. The van der Waals surface area contributed by atoms with Crippen LogP contribution in [0.25, 0.3) is 121 Å². The van der Waals surface area contributed by atoms with Crippen LogP contribution in [0.4, 0.5) is 0 Å². The number of hydrogen-bond acceptors (Lipinski definition) is 2. The lowest BCUT2D eigenvalue weighted by Crippen LogP contribution is -2.04. The average Bonchev–Trinajstić information content (AvgIpc) is 3.87. The summed E-state index contributed by atoms with van der Waals surface area (Å²) in [5.41, 5.74) is 13.1. The normalized spacial score (nSPS) is 11.9. The fourth-order valence-electron chi connectivity index (χ4n) is 9.93. The predicted molar refractivity (Wildman–Crippen MR) is 260 cm³/mol. The van der Waals surface area contributed by atoms with Crippen molar-refractivity contribution in [3.8, 4) is 45.1 Å². The van der Waals surface area contributed by atoms with Crippen LogP contribution in [0.15, 0.2) is 218 Å². The molecule has 0 fully saturated rings. The van der Waals surface area contributed by atoms with Crippen molar-refractivity contribution in [1.82, 2.24) is 19.1 Å². The third kappa shape index (κ3) is 5.20. The molecule has 3 aromatic heterocycles. The summed E-state index contributed by atoms with van der Waals surface area (Å²) in [6, 6.07) is 78.6. The Bertz CT molecular complexity index is 3920. The Kier molecular flexibility index (Phi) is 7.57. The molecule has 4 nitrogen and oxygen atoms in total. The average molecular weight is 789 g/mol. The minimum Gasteiger partial charge on any atom is -0.309 e. The molecule has 13 rings (SSSR count). The summed E-state index contributed by atoms with van der Waals surface area (Å²) in [7, 11) is 0. The Hall–Kier alpha value is -8.34. The number of para-hydroxylation sites is 2. The van der Waals surface area contributed by atoms with Crippen molar-refractivity contribution in [3.05, 3.63) is 218 Å². The largest absolute Gasteiger partial charge is 0.309 e. The van der Waals surface area contributed by atoms with Crippen LogP contribution < -0.4 is 0 Å². The highest BCUT2D eigenvalue weighted by Gasteiger charge is 2.22. The molecule has 0 radical (unpaired) electrons. The monoisotopic (exact) mass is 788 g/mol.